The van der Waals surface area contributed by atoms with E-state index in [1.165, 1.54) is 6.33 Å². The summed E-state index contributed by atoms with van der Waals surface area (Å²) in [7, 11) is 0. The van der Waals surface area contributed by atoms with Crippen LogP contribution in [0.25, 0.3) is 0 Å². The molecule has 2 aromatic heterocycles. The monoisotopic (exact) mass is 351 g/mol. The average Bonchev–Trinajstić information content (AvgIpc) is 3.23. The molecule has 1 atom stereocenters. The highest BCUT2D eigenvalue weighted by Crippen LogP contribution is 2.38. The maximum Gasteiger partial charge on any atom is 0.255 e. The molecule has 126 valence electrons. The van der Waals surface area contributed by atoms with Gasteiger partial charge in [0.25, 0.3) is 5.91 Å². The van der Waals surface area contributed by atoms with Gasteiger partial charge in [0.1, 0.15) is 12.4 Å². The first-order valence-corrected chi connectivity index (χ1v) is 8.81. The van der Waals surface area contributed by atoms with E-state index in [4.69, 9.17) is 0 Å². The standard InChI is InChI=1S/C18H17N5OS/c1-11-8-9-25-16(11)15-14(12(2)21-18-19-10-20-23(15)18)17(24)22-13-6-4-3-5-7-13/h3-10,15H,1-2H3,(H,22,24)(H,19,20,21)/t15-/m1/s1. The van der Waals surface area contributed by atoms with Gasteiger partial charge in [0.05, 0.1) is 5.57 Å². The maximum absolute atomic E-state index is 13.1. The number of carbonyl (C=O) groups excluding carboxylic acids is 1. The fourth-order valence-electron chi connectivity index (χ4n) is 3.01. The minimum atomic E-state index is -0.289. The SMILES string of the molecule is CC1=C(C(=O)Nc2ccccc2)[C@H](c2sccc2C)n2ncnc2N1. The summed E-state index contributed by atoms with van der Waals surface area (Å²) >= 11 is 1.62. The van der Waals surface area contributed by atoms with Gasteiger partial charge >= 0.3 is 0 Å². The van der Waals surface area contributed by atoms with Gasteiger partial charge in [0.2, 0.25) is 5.95 Å². The van der Waals surface area contributed by atoms with Crippen LogP contribution in [0, 0.1) is 6.92 Å². The zero-order valence-corrected chi connectivity index (χ0v) is 14.7. The Morgan fingerprint density at radius 1 is 1.24 bits per heavy atom. The number of carbonyl (C=O) groups is 1. The zero-order chi connectivity index (χ0) is 17.4. The molecule has 0 aliphatic carbocycles. The summed E-state index contributed by atoms with van der Waals surface area (Å²) < 4.78 is 1.77. The van der Waals surface area contributed by atoms with Crippen molar-refractivity contribution >= 4 is 28.9 Å². The molecule has 0 saturated carbocycles. The molecule has 1 aliphatic rings. The van der Waals surface area contributed by atoms with Crippen molar-refractivity contribution in [3.8, 4) is 0 Å². The van der Waals surface area contributed by atoms with Gasteiger partial charge in [-0.3, -0.25) is 4.79 Å². The summed E-state index contributed by atoms with van der Waals surface area (Å²) in [6.07, 6.45) is 1.50. The fourth-order valence-corrected chi connectivity index (χ4v) is 4.03. The van der Waals surface area contributed by atoms with E-state index < -0.39 is 0 Å². The van der Waals surface area contributed by atoms with E-state index in [0.29, 0.717) is 11.5 Å². The minimum Gasteiger partial charge on any atom is -0.328 e. The first kappa shape index (κ1) is 15.6. The number of amides is 1. The lowest BCUT2D eigenvalue weighted by atomic mass is 9.99. The van der Waals surface area contributed by atoms with Crippen LogP contribution < -0.4 is 10.6 Å². The number of hydrogen-bond acceptors (Lipinski definition) is 5. The van der Waals surface area contributed by atoms with E-state index in [2.05, 4.69) is 26.8 Å². The van der Waals surface area contributed by atoms with Gasteiger partial charge in [-0.25, -0.2) is 4.68 Å². The molecule has 7 heteroatoms. The number of nitrogens with one attached hydrogen (secondary N) is 2. The number of aryl methyl sites for hydroxylation is 1. The molecule has 4 rings (SSSR count). The van der Waals surface area contributed by atoms with E-state index in [1.54, 1.807) is 16.0 Å². The molecule has 0 saturated heterocycles. The highest BCUT2D eigenvalue weighted by atomic mass is 32.1. The molecule has 2 N–H and O–H groups in total. The van der Waals surface area contributed by atoms with Crippen molar-refractivity contribution in [1.82, 2.24) is 14.8 Å². The van der Waals surface area contributed by atoms with E-state index in [1.807, 2.05) is 49.6 Å². The summed E-state index contributed by atoms with van der Waals surface area (Å²) in [5.74, 6) is 0.502. The second-order valence-corrected chi connectivity index (χ2v) is 6.83. The molecule has 3 heterocycles. The smallest absolute Gasteiger partial charge is 0.255 e. The molecule has 0 fully saturated rings. The van der Waals surface area contributed by atoms with Crippen LogP contribution in [-0.4, -0.2) is 20.7 Å². The molecule has 1 aromatic carbocycles. The van der Waals surface area contributed by atoms with Crippen molar-refractivity contribution in [3.63, 3.8) is 0 Å². The number of aromatic nitrogens is 3. The fraction of sp³-hybridized carbons (Fsp3) is 0.167. The van der Waals surface area contributed by atoms with Gasteiger partial charge < -0.3 is 10.6 Å². The number of nitrogens with zero attached hydrogens (tertiary/aromatic N) is 3. The minimum absolute atomic E-state index is 0.143. The van der Waals surface area contributed by atoms with Crippen molar-refractivity contribution in [2.24, 2.45) is 0 Å². The summed E-state index contributed by atoms with van der Waals surface area (Å²) in [5, 5.41) is 12.5. The molecule has 0 unspecified atom stereocenters. The zero-order valence-electron chi connectivity index (χ0n) is 13.9. The average molecular weight is 351 g/mol. The number of thiophene rings is 1. The van der Waals surface area contributed by atoms with Crippen LogP contribution in [0.4, 0.5) is 11.6 Å². The quantitative estimate of drug-likeness (QED) is 0.757. The Balaban J connectivity index is 1.78. The van der Waals surface area contributed by atoms with Crippen LogP contribution in [0.1, 0.15) is 23.4 Å². The molecular weight excluding hydrogens is 334 g/mol. The Hall–Kier alpha value is -2.93. The van der Waals surface area contributed by atoms with Crippen molar-refractivity contribution in [3.05, 3.63) is 69.8 Å². The molecule has 0 radical (unpaired) electrons. The van der Waals surface area contributed by atoms with E-state index >= 15 is 0 Å². The van der Waals surface area contributed by atoms with Gasteiger partial charge in [0, 0.05) is 16.3 Å². The van der Waals surface area contributed by atoms with Gasteiger partial charge in [-0.2, -0.15) is 10.1 Å². The summed E-state index contributed by atoms with van der Waals surface area (Å²) in [6, 6.07) is 11.2. The van der Waals surface area contributed by atoms with Crippen LogP contribution in [0.15, 0.2) is 59.4 Å². The second kappa shape index (κ2) is 6.18. The van der Waals surface area contributed by atoms with Crippen molar-refractivity contribution in [2.75, 3.05) is 10.6 Å². The van der Waals surface area contributed by atoms with Crippen LogP contribution in [0.3, 0.4) is 0 Å². The Bertz CT molecular complexity index is 957. The second-order valence-electron chi connectivity index (χ2n) is 5.88. The van der Waals surface area contributed by atoms with Crippen LogP contribution in [0.5, 0.6) is 0 Å². The Labute approximate surface area is 149 Å². The molecule has 25 heavy (non-hydrogen) atoms. The van der Waals surface area contributed by atoms with Gasteiger partial charge in [-0.05, 0) is 43.0 Å². The third-order valence-corrected chi connectivity index (χ3v) is 5.29. The Kier molecular flexibility index (Phi) is 3.85. The molecule has 0 spiro atoms. The van der Waals surface area contributed by atoms with Crippen molar-refractivity contribution in [1.29, 1.82) is 0 Å². The van der Waals surface area contributed by atoms with E-state index in [9.17, 15) is 4.79 Å². The largest absolute Gasteiger partial charge is 0.328 e. The topological polar surface area (TPSA) is 71.8 Å². The lowest BCUT2D eigenvalue weighted by molar-refractivity contribution is -0.113. The molecule has 6 nitrogen and oxygen atoms in total. The summed E-state index contributed by atoms with van der Waals surface area (Å²) in [4.78, 5) is 18.4. The Morgan fingerprint density at radius 2 is 2.04 bits per heavy atom. The maximum atomic E-state index is 13.1. The number of hydrogen-bond donors (Lipinski definition) is 2. The third kappa shape index (κ3) is 2.72. The molecule has 1 aliphatic heterocycles. The summed E-state index contributed by atoms with van der Waals surface area (Å²) in [5.41, 5.74) is 3.33. The van der Waals surface area contributed by atoms with Crippen molar-refractivity contribution < 1.29 is 4.79 Å². The molecule has 3 aromatic rings. The predicted molar refractivity (Wildman–Crippen MR) is 98.6 cm³/mol. The highest BCUT2D eigenvalue weighted by molar-refractivity contribution is 7.10. The lowest BCUT2D eigenvalue weighted by Crippen LogP contribution is -2.31. The number of anilines is 2. The van der Waals surface area contributed by atoms with E-state index in [-0.39, 0.29) is 11.9 Å². The van der Waals surface area contributed by atoms with E-state index in [0.717, 1.165) is 21.8 Å². The normalized spacial score (nSPS) is 16.3. The lowest BCUT2D eigenvalue weighted by Gasteiger charge is -2.28. The van der Waals surface area contributed by atoms with Crippen LogP contribution in [0.2, 0.25) is 0 Å². The number of allylic oxidation sites excluding steroid dienone is 1. The van der Waals surface area contributed by atoms with Gasteiger partial charge in [-0.1, -0.05) is 18.2 Å². The van der Waals surface area contributed by atoms with Crippen molar-refractivity contribution in [2.45, 2.75) is 19.9 Å². The summed E-state index contributed by atoms with van der Waals surface area (Å²) in [6.45, 7) is 3.94. The molecule has 1 amide bonds. The van der Waals surface area contributed by atoms with Gasteiger partial charge in [0.15, 0.2) is 0 Å². The number of para-hydroxylation sites is 1. The highest BCUT2D eigenvalue weighted by Gasteiger charge is 2.34. The number of benzene rings is 1. The predicted octanol–water partition coefficient (Wildman–Crippen LogP) is 3.58. The Morgan fingerprint density at radius 3 is 2.76 bits per heavy atom. The third-order valence-electron chi connectivity index (χ3n) is 4.22. The number of fused-ring (bicyclic) bond motifs is 1. The van der Waals surface area contributed by atoms with Gasteiger partial charge in [-0.15, -0.1) is 11.3 Å². The van der Waals surface area contributed by atoms with Crippen LogP contribution >= 0.6 is 11.3 Å². The molecule has 0 bridgehead atoms. The first-order chi connectivity index (χ1) is 12.1. The first-order valence-electron chi connectivity index (χ1n) is 7.93. The van der Waals surface area contributed by atoms with Crippen LogP contribution in [-0.2, 0) is 4.79 Å². The molecular formula is C18H17N5OS. The number of rotatable bonds is 3.